The third kappa shape index (κ3) is 4.81. The van der Waals surface area contributed by atoms with Crippen LogP contribution in [0.2, 0.25) is 0 Å². The van der Waals surface area contributed by atoms with E-state index >= 15 is 0 Å². The van der Waals surface area contributed by atoms with E-state index in [0.717, 1.165) is 15.6 Å². The van der Waals surface area contributed by atoms with Gasteiger partial charge in [-0.2, -0.15) is 4.31 Å². The van der Waals surface area contributed by atoms with Crippen LogP contribution >= 0.6 is 15.9 Å². The molecule has 1 N–H and O–H groups in total. The number of hydrogen-bond acceptors (Lipinski definition) is 4. The number of fused-ring (bicyclic) bond motifs is 1. The number of carbonyl (C=O) groups excluding carboxylic acids is 1. The number of rotatable bonds is 8. The molecule has 2 rings (SSSR count). The Bertz CT molecular complexity index is 707. The molecule has 0 saturated carbocycles. The lowest BCUT2D eigenvalue weighted by atomic mass is 9.95. The van der Waals surface area contributed by atoms with Crippen LogP contribution in [0.4, 0.5) is 0 Å². The first kappa shape index (κ1) is 20.4. The molecule has 1 aromatic carbocycles. The van der Waals surface area contributed by atoms with E-state index in [2.05, 4.69) is 15.9 Å². The lowest BCUT2D eigenvalue weighted by Gasteiger charge is -2.33. The van der Waals surface area contributed by atoms with E-state index in [1.54, 1.807) is 0 Å². The summed E-state index contributed by atoms with van der Waals surface area (Å²) in [6.07, 6.45) is 2.34. The van der Waals surface area contributed by atoms with Crippen molar-refractivity contribution < 1.29 is 18.4 Å². The van der Waals surface area contributed by atoms with E-state index in [0.29, 0.717) is 43.8 Å². The van der Waals surface area contributed by atoms with Crippen molar-refractivity contribution in [3.05, 3.63) is 33.8 Å². The third-order valence-electron chi connectivity index (χ3n) is 4.96. The number of carbonyl (C=O) groups is 1. The van der Waals surface area contributed by atoms with Crippen LogP contribution < -0.4 is 0 Å². The van der Waals surface area contributed by atoms with E-state index in [-0.39, 0.29) is 11.7 Å². The summed E-state index contributed by atoms with van der Waals surface area (Å²) in [5, 5.41) is 10.4. The quantitative estimate of drug-likeness (QED) is 0.389. The van der Waals surface area contributed by atoms with Crippen molar-refractivity contribution >= 4 is 32.4 Å². The number of amides is 1. The highest BCUT2D eigenvalue weighted by molar-refractivity contribution is 9.10. The van der Waals surface area contributed by atoms with Crippen LogP contribution in [0, 0.1) is 5.92 Å². The van der Waals surface area contributed by atoms with E-state index in [4.69, 9.17) is 0 Å². The second kappa shape index (κ2) is 8.62. The van der Waals surface area contributed by atoms with E-state index in [9.17, 15) is 18.4 Å². The highest BCUT2D eigenvalue weighted by atomic mass is 79.9. The van der Waals surface area contributed by atoms with Gasteiger partial charge in [0.15, 0.2) is 0 Å². The monoisotopic (exact) mass is 432 g/mol. The van der Waals surface area contributed by atoms with Gasteiger partial charge in [0.25, 0.3) is 0 Å². The molecule has 25 heavy (non-hydrogen) atoms. The Morgan fingerprint density at radius 1 is 1.32 bits per heavy atom. The molecule has 1 amide bonds. The van der Waals surface area contributed by atoms with Gasteiger partial charge in [0.05, 0.1) is 11.8 Å². The molecular formula is C17H25BrN2O4S. The second-order valence-electron chi connectivity index (χ2n) is 6.40. The van der Waals surface area contributed by atoms with Gasteiger partial charge in [-0.3, -0.25) is 10.0 Å². The zero-order chi connectivity index (χ0) is 18.6. The van der Waals surface area contributed by atoms with E-state index in [1.807, 2.05) is 32.0 Å². The van der Waals surface area contributed by atoms with Crippen molar-refractivity contribution in [2.75, 3.05) is 12.3 Å². The summed E-state index contributed by atoms with van der Waals surface area (Å²) in [7, 11) is -3.60. The number of sulfonamides is 1. The van der Waals surface area contributed by atoms with Crippen LogP contribution in [-0.4, -0.2) is 47.7 Å². The normalized spacial score (nSPS) is 16.5. The molecule has 0 aliphatic carbocycles. The molecule has 1 atom stereocenters. The molecule has 1 aliphatic heterocycles. The topological polar surface area (TPSA) is 77.9 Å². The van der Waals surface area contributed by atoms with Gasteiger partial charge in [0, 0.05) is 17.6 Å². The van der Waals surface area contributed by atoms with Crippen LogP contribution in [-0.2, 0) is 27.8 Å². The lowest BCUT2D eigenvalue weighted by molar-refractivity contribution is -0.163. The van der Waals surface area contributed by atoms with Gasteiger partial charge in [0.1, 0.15) is 0 Å². The molecule has 0 fully saturated rings. The SMILES string of the molecule is CCC(CC)C(CS(=O)(=O)N1CCc2ccc(Br)cc2C1)N(O)C=O. The van der Waals surface area contributed by atoms with Gasteiger partial charge in [0.2, 0.25) is 16.4 Å². The van der Waals surface area contributed by atoms with Crippen LogP contribution in [0.25, 0.3) is 0 Å². The van der Waals surface area contributed by atoms with Crippen molar-refractivity contribution in [1.82, 2.24) is 9.37 Å². The maximum atomic E-state index is 12.9. The summed E-state index contributed by atoms with van der Waals surface area (Å²) in [5.74, 6) is -0.339. The zero-order valence-corrected chi connectivity index (χ0v) is 17.0. The zero-order valence-electron chi connectivity index (χ0n) is 14.6. The Balaban J connectivity index is 2.21. The first-order valence-corrected chi connectivity index (χ1v) is 10.9. The average molecular weight is 433 g/mol. The predicted octanol–water partition coefficient (Wildman–Crippen LogP) is 2.79. The number of nitrogens with zero attached hydrogens (tertiary/aromatic N) is 2. The summed E-state index contributed by atoms with van der Waals surface area (Å²) in [5.41, 5.74) is 2.14. The predicted molar refractivity (Wildman–Crippen MR) is 99.6 cm³/mol. The molecule has 0 bridgehead atoms. The summed E-state index contributed by atoms with van der Waals surface area (Å²) in [6.45, 7) is 4.60. The first-order valence-electron chi connectivity index (χ1n) is 8.50. The van der Waals surface area contributed by atoms with E-state index < -0.39 is 16.1 Å². The smallest absolute Gasteiger partial charge is 0.233 e. The molecular weight excluding hydrogens is 408 g/mol. The summed E-state index contributed by atoms with van der Waals surface area (Å²) >= 11 is 3.42. The van der Waals surface area contributed by atoms with Gasteiger partial charge >= 0.3 is 0 Å². The Kier molecular flexibility index (Phi) is 7.01. The fourth-order valence-electron chi connectivity index (χ4n) is 3.40. The molecule has 8 heteroatoms. The minimum atomic E-state index is -3.60. The molecule has 0 radical (unpaired) electrons. The molecule has 1 aromatic rings. The van der Waals surface area contributed by atoms with Crippen molar-refractivity contribution in [1.29, 1.82) is 0 Å². The standard InChI is InChI=1S/C17H25BrN2O4S/c1-3-13(4-2)17(20(22)12-21)11-25(23,24)19-8-7-14-5-6-16(18)9-15(14)10-19/h5-6,9,12-13,17,22H,3-4,7-8,10-11H2,1-2H3. The third-order valence-corrected chi connectivity index (χ3v) is 7.32. The average Bonchev–Trinajstić information content (AvgIpc) is 2.60. The Labute approximate surface area is 157 Å². The van der Waals surface area contributed by atoms with Gasteiger partial charge < -0.3 is 0 Å². The minimum absolute atomic E-state index is 0.0730. The molecule has 6 nitrogen and oxygen atoms in total. The Hall–Kier alpha value is -0.960. The lowest BCUT2D eigenvalue weighted by Crippen LogP contribution is -2.47. The molecule has 1 heterocycles. The maximum Gasteiger partial charge on any atom is 0.233 e. The minimum Gasteiger partial charge on any atom is -0.286 e. The van der Waals surface area contributed by atoms with Crippen LogP contribution in [0.15, 0.2) is 22.7 Å². The molecule has 140 valence electrons. The fourth-order valence-corrected chi connectivity index (χ4v) is 5.58. The molecule has 0 saturated heterocycles. The number of halogens is 1. The highest BCUT2D eigenvalue weighted by Crippen LogP contribution is 2.26. The van der Waals surface area contributed by atoms with Crippen molar-refractivity contribution in [3.8, 4) is 0 Å². The summed E-state index contributed by atoms with van der Waals surface area (Å²) < 4.78 is 28.2. The first-order chi connectivity index (χ1) is 11.8. The molecule has 1 unspecified atom stereocenters. The van der Waals surface area contributed by atoms with Gasteiger partial charge in [-0.05, 0) is 35.6 Å². The Morgan fingerprint density at radius 3 is 2.60 bits per heavy atom. The van der Waals surface area contributed by atoms with E-state index in [1.165, 1.54) is 4.31 Å². The molecule has 1 aliphatic rings. The number of hydrogen-bond donors (Lipinski definition) is 1. The van der Waals surface area contributed by atoms with Gasteiger partial charge in [-0.1, -0.05) is 48.7 Å². The second-order valence-corrected chi connectivity index (χ2v) is 9.33. The van der Waals surface area contributed by atoms with Crippen LogP contribution in [0.1, 0.15) is 37.8 Å². The number of hydroxylamine groups is 2. The maximum absolute atomic E-state index is 12.9. The summed E-state index contributed by atoms with van der Waals surface area (Å²) in [6, 6.07) is 5.18. The fraction of sp³-hybridized carbons (Fsp3) is 0.588. The molecule has 0 aromatic heterocycles. The Morgan fingerprint density at radius 2 is 2.00 bits per heavy atom. The van der Waals surface area contributed by atoms with Crippen LogP contribution in [0.5, 0.6) is 0 Å². The largest absolute Gasteiger partial charge is 0.286 e. The van der Waals surface area contributed by atoms with Gasteiger partial charge in [-0.25, -0.2) is 13.5 Å². The van der Waals surface area contributed by atoms with Crippen molar-refractivity contribution in [2.45, 2.75) is 45.7 Å². The highest BCUT2D eigenvalue weighted by Gasteiger charge is 2.34. The van der Waals surface area contributed by atoms with Crippen molar-refractivity contribution in [3.63, 3.8) is 0 Å². The van der Waals surface area contributed by atoms with Crippen molar-refractivity contribution in [2.24, 2.45) is 5.92 Å². The molecule has 0 spiro atoms. The number of benzene rings is 1. The van der Waals surface area contributed by atoms with Crippen LogP contribution in [0.3, 0.4) is 0 Å². The van der Waals surface area contributed by atoms with Gasteiger partial charge in [-0.15, -0.1) is 0 Å². The summed E-state index contributed by atoms with van der Waals surface area (Å²) in [4.78, 5) is 11.0.